The number of nitrogen functional groups attached to an aromatic ring is 1. The summed E-state index contributed by atoms with van der Waals surface area (Å²) in [4.78, 5) is 0.0152. The number of anilines is 2. The van der Waals surface area contributed by atoms with Gasteiger partial charge in [-0.1, -0.05) is 18.2 Å². The van der Waals surface area contributed by atoms with Crippen molar-refractivity contribution in [1.82, 2.24) is 4.72 Å². The number of halogens is 1. The number of hydrogen-bond donors (Lipinski definition) is 3. The van der Waals surface area contributed by atoms with Crippen LogP contribution in [0.5, 0.6) is 0 Å². The van der Waals surface area contributed by atoms with Gasteiger partial charge in [0.2, 0.25) is 10.0 Å². The van der Waals surface area contributed by atoms with Crippen molar-refractivity contribution in [3.63, 3.8) is 0 Å². The fourth-order valence-corrected chi connectivity index (χ4v) is 2.69. The van der Waals surface area contributed by atoms with E-state index in [9.17, 15) is 12.8 Å². The van der Waals surface area contributed by atoms with E-state index in [0.29, 0.717) is 11.3 Å². The molecular weight excluding hydrogens is 293 g/mol. The Bertz CT molecular complexity index is 748. The van der Waals surface area contributed by atoms with Crippen molar-refractivity contribution < 1.29 is 12.8 Å². The van der Waals surface area contributed by atoms with Gasteiger partial charge in [0.05, 0.1) is 5.69 Å². The van der Waals surface area contributed by atoms with Gasteiger partial charge in [0.1, 0.15) is 10.7 Å². The van der Waals surface area contributed by atoms with Crippen LogP contribution in [0, 0.1) is 5.82 Å². The summed E-state index contributed by atoms with van der Waals surface area (Å²) in [6.07, 6.45) is 0. The molecule has 0 aliphatic heterocycles. The van der Waals surface area contributed by atoms with Gasteiger partial charge in [-0.15, -0.1) is 0 Å². The Balaban J connectivity index is 2.17. The van der Waals surface area contributed by atoms with E-state index in [1.54, 1.807) is 24.3 Å². The second kappa shape index (κ2) is 6.11. The molecule has 0 aliphatic carbocycles. The van der Waals surface area contributed by atoms with Gasteiger partial charge in [0, 0.05) is 17.8 Å². The van der Waals surface area contributed by atoms with Crippen LogP contribution in [-0.2, 0) is 16.6 Å². The van der Waals surface area contributed by atoms with E-state index in [-0.39, 0.29) is 22.9 Å². The molecule has 0 atom stereocenters. The van der Waals surface area contributed by atoms with Gasteiger partial charge in [-0.25, -0.2) is 17.5 Å². The van der Waals surface area contributed by atoms with Crippen LogP contribution in [0.2, 0.25) is 0 Å². The summed E-state index contributed by atoms with van der Waals surface area (Å²) >= 11 is 0. The zero-order chi connectivity index (χ0) is 15.5. The summed E-state index contributed by atoms with van der Waals surface area (Å²) < 4.78 is 39.1. The monoisotopic (exact) mass is 309 g/mol. The van der Waals surface area contributed by atoms with Gasteiger partial charge < -0.3 is 11.1 Å². The number of nitrogens with one attached hydrogen (secondary N) is 2. The van der Waals surface area contributed by atoms with Gasteiger partial charge in [-0.05, 0) is 31.3 Å². The minimum Gasteiger partial charge on any atom is -0.398 e. The number of hydrogen-bond acceptors (Lipinski definition) is 4. The van der Waals surface area contributed by atoms with Crippen molar-refractivity contribution in [3.05, 3.63) is 53.8 Å². The molecule has 0 bridgehead atoms. The lowest BCUT2D eigenvalue weighted by molar-refractivity contribution is 0.588. The van der Waals surface area contributed by atoms with Crippen molar-refractivity contribution >= 4 is 21.4 Å². The molecule has 0 amide bonds. The largest absolute Gasteiger partial charge is 0.398 e. The normalized spacial score (nSPS) is 11.3. The molecule has 0 heterocycles. The smallest absolute Gasteiger partial charge is 0.242 e. The van der Waals surface area contributed by atoms with Crippen LogP contribution < -0.4 is 15.8 Å². The van der Waals surface area contributed by atoms with Crippen molar-refractivity contribution in [2.45, 2.75) is 11.4 Å². The highest BCUT2D eigenvalue weighted by Gasteiger charge is 2.15. The molecule has 0 fully saturated rings. The second-order valence-corrected chi connectivity index (χ2v) is 6.26. The van der Waals surface area contributed by atoms with E-state index < -0.39 is 10.0 Å². The van der Waals surface area contributed by atoms with Gasteiger partial charge in [-0.3, -0.25) is 0 Å². The zero-order valence-corrected chi connectivity index (χ0v) is 12.2. The Morgan fingerprint density at radius 1 is 1.19 bits per heavy atom. The lowest BCUT2D eigenvalue weighted by Gasteiger charge is -2.11. The van der Waals surface area contributed by atoms with Crippen LogP contribution in [0.25, 0.3) is 0 Å². The molecule has 0 aliphatic rings. The first-order valence-corrected chi connectivity index (χ1v) is 7.72. The highest BCUT2D eigenvalue weighted by atomic mass is 32.2. The summed E-state index contributed by atoms with van der Waals surface area (Å²) in [5.41, 5.74) is 7.01. The zero-order valence-electron chi connectivity index (χ0n) is 11.4. The molecule has 2 rings (SSSR count). The second-order valence-electron chi connectivity index (χ2n) is 4.41. The maximum atomic E-state index is 13.5. The van der Waals surface area contributed by atoms with E-state index in [1.807, 2.05) is 0 Å². The maximum absolute atomic E-state index is 13.5. The van der Waals surface area contributed by atoms with Crippen LogP contribution in [-0.4, -0.2) is 15.5 Å². The molecule has 112 valence electrons. The predicted molar refractivity (Wildman–Crippen MR) is 80.8 cm³/mol. The third-order valence-corrected chi connectivity index (χ3v) is 4.50. The number of benzene rings is 2. The summed E-state index contributed by atoms with van der Waals surface area (Å²) in [5.74, 6) is -0.299. The van der Waals surface area contributed by atoms with Crippen LogP contribution in [0.15, 0.2) is 47.4 Å². The Labute approximate surface area is 123 Å². The molecule has 21 heavy (non-hydrogen) atoms. The fourth-order valence-electron chi connectivity index (χ4n) is 1.85. The van der Waals surface area contributed by atoms with Gasteiger partial charge in [0.25, 0.3) is 0 Å². The van der Waals surface area contributed by atoms with Crippen LogP contribution in [0.1, 0.15) is 5.56 Å². The first kappa shape index (κ1) is 15.3. The average molecular weight is 309 g/mol. The van der Waals surface area contributed by atoms with Crippen LogP contribution in [0.4, 0.5) is 15.8 Å². The third kappa shape index (κ3) is 3.50. The number of rotatable bonds is 5. The molecule has 0 unspecified atom stereocenters. The standard InChI is InChI=1S/C14H16FN3O2S/c1-17-21(19,20)14-7-6-11(8-13(14)16)18-9-10-4-2-3-5-12(10)15/h2-8,17-18H,9,16H2,1H3. The Morgan fingerprint density at radius 2 is 1.90 bits per heavy atom. The number of sulfonamides is 1. The predicted octanol–water partition coefficient (Wildman–Crippen LogP) is 1.93. The van der Waals surface area contributed by atoms with Crippen molar-refractivity contribution in [2.24, 2.45) is 0 Å². The van der Waals surface area contributed by atoms with E-state index in [2.05, 4.69) is 10.0 Å². The minimum absolute atomic E-state index is 0.0152. The molecule has 2 aromatic carbocycles. The van der Waals surface area contributed by atoms with Gasteiger partial charge in [-0.2, -0.15) is 0 Å². The highest BCUT2D eigenvalue weighted by molar-refractivity contribution is 7.89. The molecule has 0 aromatic heterocycles. The maximum Gasteiger partial charge on any atom is 0.242 e. The van der Waals surface area contributed by atoms with E-state index in [1.165, 1.54) is 25.2 Å². The lowest BCUT2D eigenvalue weighted by Crippen LogP contribution is -2.20. The molecule has 4 N–H and O–H groups in total. The summed E-state index contributed by atoms with van der Waals surface area (Å²) in [6, 6.07) is 10.9. The van der Waals surface area contributed by atoms with Crippen LogP contribution in [0.3, 0.4) is 0 Å². The minimum atomic E-state index is -3.58. The van der Waals surface area contributed by atoms with Gasteiger partial charge >= 0.3 is 0 Å². The molecule has 2 aromatic rings. The van der Waals surface area contributed by atoms with E-state index in [0.717, 1.165) is 0 Å². The van der Waals surface area contributed by atoms with Crippen molar-refractivity contribution in [3.8, 4) is 0 Å². The SMILES string of the molecule is CNS(=O)(=O)c1ccc(NCc2ccccc2F)cc1N. The average Bonchev–Trinajstić information content (AvgIpc) is 2.46. The molecule has 0 spiro atoms. The van der Waals surface area contributed by atoms with Crippen molar-refractivity contribution in [2.75, 3.05) is 18.1 Å². The summed E-state index contributed by atoms with van der Waals surface area (Å²) in [7, 11) is -2.26. The molecule has 7 heteroatoms. The highest BCUT2D eigenvalue weighted by Crippen LogP contribution is 2.22. The lowest BCUT2D eigenvalue weighted by atomic mass is 10.2. The molecule has 0 saturated carbocycles. The first-order valence-electron chi connectivity index (χ1n) is 6.24. The first-order chi connectivity index (χ1) is 9.94. The van der Waals surface area contributed by atoms with E-state index >= 15 is 0 Å². The molecule has 0 radical (unpaired) electrons. The Morgan fingerprint density at radius 3 is 2.52 bits per heavy atom. The van der Waals surface area contributed by atoms with Gasteiger partial charge in [0.15, 0.2) is 0 Å². The Kier molecular flexibility index (Phi) is 4.44. The quantitative estimate of drug-likeness (QED) is 0.737. The fraction of sp³-hybridized carbons (Fsp3) is 0.143. The topological polar surface area (TPSA) is 84.2 Å². The summed E-state index contributed by atoms with van der Waals surface area (Å²) in [5, 5.41) is 3.00. The summed E-state index contributed by atoms with van der Waals surface area (Å²) in [6.45, 7) is 0.282. The molecule has 0 saturated heterocycles. The van der Waals surface area contributed by atoms with E-state index in [4.69, 9.17) is 5.73 Å². The molecular formula is C14H16FN3O2S. The molecule has 5 nitrogen and oxygen atoms in total. The number of nitrogens with two attached hydrogens (primary N) is 1. The third-order valence-electron chi connectivity index (χ3n) is 3.01. The Hall–Kier alpha value is -2.12. The van der Waals surface area contributed by atoms with Crippen molar-refractivity contribution in [1.29, 1.82) is 0 Å². The van der Waals surface area contributed by atoms with Crippen LogP contribution >= 0.6 is 0 Å².